The molecule has 1 unspecified atom stereocenters. The Morgan fingerprint density at radius 2 is 2.00 bits per heavy atom. The highest BCUT2D eigenvalue weighted by atomic mass is 35.5. The summed E-state index contributed by atoms with van der Waals surface area (Å²) in [6.07, 6.45) is 0.513. The molecule has 1 amide bonds. The SMILES string of the molecule is C=C(C)C[NH+](CC)CCC(=O)Nc1ccc(Cl)cc1. The quantitative estimate of drug-likeness (QED) is 0.738. The third-order valence-electron chi connectivity index (χ3n) is 2.89. The minimum atomic E-state index is 0.0370. The van der Waals surface area contributed by atoms with Crippen molar-refractivity contribution in [3.05, 3.63) is 41.4 Å². The van der Waals surface area contributed by atoms with Crippen LogP contribution in [0, 0.1) is 0 Å². The maximum Gasteiger partial charge on any atom is 0.230 e. The molecule has 0 bridgehead atoms. The van der Waals surface area contributed by atoms with Crippen LogP contribution in [0.25, 0.3) is 0 Å². The second-order valence-electron chi connectivity index (χ2n) is 4.79. The molecule has 1 aromatic rings. The lowest BCUT2D eigenvalue weighted by molar-refractivity contribution is -0.892. The van der Waals surface area contributed by atoms with E-state index in [4.69, 9.17) is 11.6 Å². The molecule has 0 aromatic heterocycles. The zero-order valence-corrected chi connectivity index (χ0v) is 12.4. The summed E-state index contributed by atoms with van der Waals surface area (Å²) in [4.78, 5) is 13.2. The van der Waals surface area contributed by atoms with Crippen LogP contribution in [0.1, 0.15) is 20.3 Å². The molecule has 0 saturated heterocycles. The maximum atomic E-state index is 11.8. The molecule has 2 N–H and O–H groups in total. The van der Waals surface area contributed by atoms with Crippen LogP contribution in [-0.4, -0.2) is 25.5 Å². The van der Waals surface area contributed by atoms with E-state index in [-0.39, 0.29) is 5.91 Å². The molecular weight excluding hydrogens is 260 g/mol. The van der Waals surface area contributed by atoms with Gasteiger partial charge in [-0.15, -0.1) is 0 Å². The molecule has 104 valence electrons. The molecule has 0 fully saturated rings. The summed E-state index contributed by atoms with van der Waals surface area (Å²) in [6, 6.07) is 7.14. The summed E-state index contributed by atoms with van der Waals surface area (Å²) < 4.78 is 0. The summed E-state index contributed by atoms with van der Waals surface area (Å²) in [5.41, 5.74) is 1.93. The standard InChI is InChI=1S/C15H21ClN2O/c1-4-18(11-12(2)3)10-9-15(19)17-14-7-5-13(16)6-8-14/h5-8H,2,4,9-11H2,1,3H3,(H,17,19)/p+1. The summed E-state index contributed by atoms with van der Waals surface area (Å²) in [6.45, 7) is 10.8. The Kier molecular flexibility index (Phi) is 6.60. The highest BCUT2D eigenvalue weighted by Gasteiger charge is 2.09. The number of anilines is 1. The van der Waals surface area contributed by atoms with Crippen molar-refractivity contribution >= 4 is 23.2 Å². The van der Waals surface area contributed by atoms with Crippen molar-refractivity contribution in [3.63, 3.8) is 0 Å². The second kappa shape index (κ2) is 7.97. The highest BCUT2D eigenvalue weighted by molar-refractivity contribution is 6.30. The lowest BCUT2D eigenvalue weighted by atomic mass is 10.2. The normalized spacial score (nSPS) is 11.9. The van der Waals surface area contributed by atoms with Gasteiger partial charge in [0.05, 0.1) is 26.1 Å². The van der Waals surface area contributed by atoms with Gasteiger partial charge in [0.1, 0.15) is 0 Å². The Morgan fingerprint density at radius 3 is 2.53 bits per heavy atom. The molecule has 0 aliphatic heterocycles. The number of carbonyl (C=O) groups excluding carboxylic acids is 1. The van der Waals surface area contributed by atoms with E-state index in [0.29, 0.717) is 11.4 Å². The van der Waals surface area contributed by atoms with Crippen LogP contribution in [-0.2, 0) is 4.79 Å². The third-order valence-corrected chi connectivity index (χ3v) is 3.14. The van der Waals surface area contributed by atoms with Crippen LogP contribution in [0.15, 0.2) is 36.4 Å². The molecule has 0 heterocycles. The Labute approximate surface area is 120 Å². The number of quaternary nitrogens is 1. The van der Waals surface area contributed by atoms with Crippen molar-refractivity contribution in [1.82, 2.24) is 0 Å². The van der Waals surface area contributed by atoms with Crippen LogP contribution >= 0.6 is 11.6 Å². The molecule has 0 saturated carbocycles. The highest BCUT2D eigenvalue weighted by Crippen LogP contribution is 2.13. The van der Waals surface area contributed by atoms with Crippen molar-refractivity contribution in [2.75, 3.05) is 25.0 Å². The fraction of sp³-hybridized carbons (Fsp3) is 0.400. The van der Waals surface area contributed by atoms with Gasteiger partial charge in [0.25, 0.3) is 0 Å². The zero-order chi connectivity index (χ0) is 14.3. The lowest BCUT2D eigenvalue weighted by Gasteiger charge is -2.17. The van der Waals surface area contributed by atoms with Gasteiger partial charge in [-0.2, -0.15) is 0 Å². The number of likely N-dealkylation sites (N-methyl/N-ethyl adjacent to an activating group) is 1. The topological polar surface area (TPSA) is 33.5 Å². The summed E-state index contributed by atoms with van der Waals surface area (Å²) >= 11 is 5.79. The fourth-order valence-corrected chi connectivity index (χ4v) is 1.99. The Morgan fingerprint density at radius 1 is 1.37 bits per heavy atom. The van der Waals surface area contributed by atoms with Crippen molar-refractivity contribution < 1.29 is 9.69 Å². The molecule has 1 rings (SSSR count). The predicted octanol–water partition coefficient (Wildman–Crippen LogP) is 2.15. The molecule has 0 aliphatic rings. The second-order valence-corrected chi connectivity index (χ2v) is 5.23. The van der Waals surface area contributed by atoms with Crippen LogP contribution in [0.5, 0.6) is 0 Å². The molecule has 0 aliphatic carbocycles. The number of benzene rings is 1. The number of nitrogens with one attached hydrogen (secondary N) is 2. The average Bonchev–Trinajstić information content (AvgIpc) is 2.37. The zero-order valence-electron chi connectivity index (χ0n) is 11.6. The van der Waals surface area contributed by atoms with Gasteiger partial charge in [0, 0.05) is 10.7 Å². The molecule has 19 heavy (non-hydrogen) atoms. The van der Waals surface area contributed by atoms with Gasteiger partial charge in [0.2, 0.25) is 5.91 Å². The van der Waals surface area contributed by atoms with E-state index in [9.17, 15) is 4.79 Å². The third kappa shape index (κ3) is 6.41. The predicted molar refractivity (Wildman–Crippen MR) is 80.8 cm³/mol. The minimum absolute atomic E-state index is 0.0370. The molecule has 3 nitrogen and oxygen atoms in total. The van der Waals surface area contributed by atoms with Crippen molar-refractivity contribution in [1.29, 1.82) is 0 Å². The molecule has 1 atom stereocenters. The van der Waals surface area contributed by atoms with E-state index in [1.807, 2.05) is 6.92 Å². The van der Waals surface area contributed by atoms with Gasteiger partial charge in [-0.05, 0) is 43.7 Å². The van der Waals surface area contributed by atoms with E-state index >= 15 is 0 Å². The van der Waals surface area contributed by atoms with E-state index in [1.54, 1.807) is 24.3 Å². The van der Waals surface area contributed by atoms with E-state index in [2.05, 4.69) is 18.8 Å². The molecular formula is C15H22ClN2O+. The first-order valence-electron chi connectivity index (χ1n) is 6.54. The number of carbonyl (C=O) groups is 1. The summed E-state index contributed by atoms with van der Waals surface area (Å²) in [7, 11) is 0. The molecule has 0 spiro atoms. The first kappa shape index (κ1) is 15.7. The number of hydrogen-bond acceptors (Lipinski definition) is 1. The van der Waals surface area contributed by atoms with Crippen molar-refractivity contribution in [3.8, 4) is 0 Å². The lowest BCUT2D eigenvalue weighted by Crippen LogP contribution is -3.12. The maximum absolute atomic E-state index is 11.8. The van der Waals surface area contributed by atoms with E-state index in [0.717, 1.165) is 30.9 Å². The number of amides is 1. The smallest absolute Gasteiger partial charge is 0.230 e. The van der Waals surface area contributed by atoms with Gasteiger partial charge < -0.3 is 10.2 Å². The van der Waals surface area contributed by atoms with Crippen LogP contribution in [0.3, 0.4) is 0 Å². The van der Waals surface area contributed by atoms with E-state index < -0.39 is 0 Å². The molecule has 0 radical (unpaired) electrons. The molecule has 1 aromatic carbocycles. The van der Waals surface area contributed by atoms with Crippen molar-refractivity contribution in [2.45, 2.75) is 20.3 Å². The van der Waals surface area contributed by atoms with Crippen LogP contribution in [0.4, 0.5) is 5.69 Å². The number of halogens is 1. The number of hydrogen-bond donors (Lipinski definition) is 2. The Bertz CT molecular complexity index is 428. The number of rotatable bonds is 7. The summed E-state index contributed by atoms with van der Waals surface area (Å²) in [5.74, 6) is 0.0370. The van der Waals surface area contributed by atoms with Gasteiger partial charge in [0.15, 0.2) is 0 Å². The van der Waals surface area contributed by atoms with Gasteiger partial charge in [-0.1, -0.05) is 18.2 Å². The van der Waals surface area contributed by atoms with Crippen LogP contribution in [0.2, 0.25) is 5.02 Å². The van der Waals surface area contributed by atoms with Crippen molar-refractivity contribution in [2.24, 2.45) is 0 Å². The first-order valence-corrected chi connectivity index (χ1v) is 6.92. The van der Waals surface area contributed by atoms with Crippen LogP contribution < -0.4 is 10.2 Å². The monoisotopic (exact) mass is 281 g/mol. The average molecular weight is 282 g/mol. The largest absolute Gasteiger partial charge is 0.331 e. The first-order chi connectivity index (χ1) is 9.01. The van der Waals surface area contributed by atoms with E-state index in [1.165, 1.54) is 4.90 Å². The minimum Gasteiger partial charge on any atom is -0.331 e. The van der Waals surface area contributed by atoms with Gasteiger partial charge >= 0.3 is 0 Å². The Hall–Kier alpha value is -1.32. The van der Waals surface area contributed by atoms with Gasteiger partial charge in [-0.25, -0.2) is 0 Å². The summed E-state index contributed by atoms with van der Waals surface area (Å²) in [5, 5.41) is 3.54. The Balaban J connectivity index is 2.38. The molecule has 4 heteroatoms. The fourth-order valence-electron chi connectivity index (χ4n) is 1.86. The van der Waals surface area contributed by atoms with Gasteiger partial charge in [-0.3, -0.25) is 4.79 Å².